The molecule has 0 amide bonds. The summed E-state index contributed by atoms with van der Waals surface area (Å²) in [6.45, 7) is 5.94. The van der Waals surface area contributed by atoms with Gasteiger partial charge in [0, 0.05) is 13.2 Å². The molecule has 2 N–H and O–H groups in total. The number of aliphatic hydroxyl groups excluding tert-OH is 2. The van der Waals surface area contributed by atoms with E-state index in [9.17, 15) is 0 Å². The quantitative estimate of drug-likeness (QED) is 0.539. The van der Waals surface area contributed by atoms with E-state index in [0.29, 0.717) is 6.61 Å². The summed E-state index contributed by atoms with van der Waals surface area (Å²) < 4.78 is 4.60. The molecule has 0 aliphatic rings. The summed E-state index contributed by atoms with van der Waals surface area (Å²) in [5.74, 6) is 0. The molecule has 0 aromatic heterocycles. The summed E-state index contributed by atoms with van der Waals surface area (Å²) in [6, 6.07) is 0. The molecule has 0 aliphatic heterocycles. The molecule has 0 saturated heterocycles. The maximum Gasteiger partial charge on any atom is 0.151 e. The molecule has 9 heavy (non-hydrogen) atoms. The van der Waals surface area contributed by atoms with Gasteiger partial charge in [-0.05, 0) is 20.8 Å². The Morgan fingerprint density at radius 3 is 1.78 bits per heavy atom. The minimum Gasteiger partial charge on any atom is -0.397 e. The van der Waals surface area contributed by atoms with E-state index in [4.69, 9.17) is 10.2 Å². The van der Waals surface area contributed by atoms with Gasteiger partial charge in [-0.15, -0.1) is 0 Å². The summed E-state index contributed by atoms with van der Waals surface area (Å²) >= 11 is 0. The first kappa shape index (κ1) is 11.6. The van der Waals surface area contributed by atoms with Gasteiger partial charge in [-0.3, -0.25) is 0 Å². The largest absolute Gasteiger partial charge is 0.397 e. The fourth-order valence-electron chi connectivity index (χ4n) is 0.241. The Morgan fingerprint density at radius 2 is 1.78 bits per heavy atom. The van der Waals surface area contributed by atoms with Crippen LogP contribution in [0.15, 0.2) is 0 Å². The van der Waals surface area contributed by atoms with Crippen molar-refractivity contribution in [2.24, 2.45) is 0 Å². The lowest BCUT2D eigenvalue weighted by atomic mass is 10.7. The molecule has 0 bridgehead atoms. The van der Waals surface area contributed by atoms with E-state index in [1.807, 2.05) is 6.92 Å². The number of hydrogen-bond acceptors (Lipinski definition) is 3. The first-order chi connectivity index (χ1) is 4.18. The van der Waals surface area contributed by atoms with E-state index in [1.165, 1.54) is 0 Å². The fourth-order valence-corrected chi connectivity index (χ4v) is 0.241. The van der Waals surface area contributed by atoms with Gasteiger partial charge in [-0.1, -0.05) is 0 Å². The van der Waals surface area contributed by atoms with Crippen LogP contribution >= 0.6 is 0 Å². The van der Waals surface area contributed by atoms with Crippen molar-refractivity contribution in [3.63, 3.8) is 0 Å². The predicted molar refractivity (Wildman–Crippen MR) is 36.1 cm³/mol. The van der Waals surface area contributed by atoms with Crippen molar-refractivity contribution in [3.8, 4) is 0 Å². The van der Waals surface area contributed by atoms with Crippen LogP contribution in [0.4, 0.5) is 0 Å². The van der Waals surface area contributed by atoms with Gasteiger partial charge in [0.25, 0.3) is 0 Å². The molecule has 0 spiro atoms. The van der Waals surface area contributed by atoms with Crippen LogP contribution < -0.4 is 0 Å². The standard InChI is InChI=1S/C4H10O2.C2H6O/c1-3-6-4(2)5;1-2-3/h4-5H,3H2,1-2H3;3H,2H2,1H3. The van der Waals surface area contributed by atoms with E-state index in [2.05, 4.69) is 4.74 Å². The first-order valence-corrected chi connectivity index (χ1v) is 3.09. The molecule has 0 aromatic carbocycles. The average Bonchev–Trinajstić information content (AvgIpc) is 1.67. The van der Waals surface area contributed by atoms with Crippen LogP contribution in [0.25, 0.3) is 0 Å². The summed E-state index contributed by atoms with van der Waals surface area (Å²) in [6.07, 6.45) is -0.602. The topological polar surface area (TPSA) is 49.7 Å². The zero-order valence-electron chi connectivity index (χ0n) is 6.29. The molecule has 0 saturated carbocycles. The van der Waals surface area contributed by atoms with Crippen molar-refractivity contribution in [1.82, 2.24) is 0 Å². The third kappa shape index (κ3) is 32.8. The first-order valence-electron chi connectivity index (χ1n) is 3.09. The van der Waals surface area contributed by atoms with Gasteiger partial charge in [0.15, 0.2) is 6.29 Å². The molecular weight excluding hydrogens is 120 g/mol. The molecule has 0 heterocycles. The van der Waals surface area contributed by atoms with Crippen molar-refractivity contribution in [3.05, 3.63) is 0 Å². The molecule has 0 aliphatic carbocycles. The van der Waals surface area contributed by atoms with Crippen LogP contribution in [0.2, 0.25) is 0 Å². The van der Waals surface area contributed by atoms with E-state index in [-0.39, 0.29) is 6.61 Å². The smallest absolute Gasteiger partial charge is 0.151 e. The Balaban J connectivity index is 0. The van der Waals surface area contributed by atoms with Crippen LogP contribution in [0.3, 0.4) is 0 Å². The predicted octanol–water partition coefficient (Wildman–Crippen LogP) is 0.360. The maximum atomic E-state index is 8.33. The van der Waals surface area contributed by atoms with Crippen molar-refractivity contribution in [2.75, 3.05) is 13.2 Å². The third-order valence-corrected chi connectivity index (χ3v) is 0.408. The molecule has 3 heteroatoms. The van der Waals surface area contributed by atoms with Gasteiger partial charge in [0.1, 0.15) is 0 Å². The molecule has 0 aromatic rings. The summed E-state index contributed by atoms with van der Waals surface area (Å²) in [5.41, 5.74) is 0. The lowest BCUT2D eigenvalue weighted by Crippen LogP contribution is -2.04. The highest BCUT2D eigenvalue weighted by molar-refractivity contribution is 4.17. The van der Waals surface area contributed by atoms with E-state index in [0.717, 1.165) is 0 Å². The molecule has 0 fully saturated rings. The van der Waals surface area contributed by atoms with Gasteiger partial charge < -0.3 is 14.9 Å². The molecule has 1 atom stereocenters. The van der Waals surface area contributed by atoms with Gasteiger partial charge in [-0.25, -0.2) is 0 Å². The molecule has 58 valence electrons. The van der Waals surface area contributed by atoms with Gasteiger partial charge >= 0.3 is 0 Å². The summed E-state index contributed by atoms with van der Waals surface area (Å²) in [4.78, 5) is 0. The SMILES string of the molecule is CCO.CCOC(C)O. The average molecular weight is 136 g/mol. The van der Waals surface area contributed by atoms with Crippen LogP contribution in [0.1, 0.15) is 20.8 Å². The molecular formula is C6H16O3. The normalized spacial score (nSPS) is 11.7. The number of ether oxygens (including phenoxy) is 1. The minimum atomic E-state index is -0.602. The highest BCUT2D eigenvalue weighted by Crippen LogP contribution is 1.78. The Kier molecular flexibility index (Phi) is 14.0. The number of hydrogen-bond donors (Lipinski definition) is 2. The van der Waals surface area contributed by atoms with Gasteiger partial charge in [0.2, 0.25) is 0 Å². The Hall–Kier alpha value is -0.120. The monoisotopic (exact) mass is 136 g/mol. The summed E-state index contributed by atoms with van der Waals surface area (Å²) in [7, 11) is 0. The number of aliphatic hydroxyl groups is 2. The van der Waals surface area contributed by atoms with Crippen LogP contribution in [0.5, 0.6) is 0 Å². The van der Waals surface area contributed by atoms with Crippen molar-refractivity contribution in [1.29, 1.82) is 0 Å². The zero-order valence-corrected chi connectivity index (χ0v) is 6.29. The van der Waals surface area contributed by atoms with Crippen LogP contribution in [-0.4, -0.2) is 29.7 Å². The second kappa shape index (κ2) is 10.8. The van der Waals surface area contributed by atoms with Gasteiger partial charge in [-0.2, -0.15) is 0 Å². The lowest BCUT2D eigenvalue weighted by molar-refractivity contribution is -0.0800. The summed E-state index contributed by atoms with van der Waals surface area (Å²) in [5, 5.41) is 15.9. The third-order valence-electron chi connectivity index (χ3n) is 0.408. The maximum absolute atomic E-state index is 8.33. The molecule has 0 rings (SSSR count). The van der Waals surface area contributed by atoms with E-state index < -0.39 is 6.29 Å². The highest BCUT2D eigenvalue weighted by atomic mass is 16.6. The minimum absolute atomic E-state index is 0.250. The van der Waals surface area contributed by atoms with Crippen molar-refractivity contribution < 1.29 is 14.9 Å². The van der Waals surface area contributed by atoms with Gasteiger partial charge in [0.05, 0.1) is 0 Å². The molecule has 0 radical (unpaired) electrons. The van der Waals surface area contributed by atoms with Crippen LogP contribution in [0, 0.1) is 0 Å². The Bertz CT molecular complexity index is 37.3. The van der Waals surface area contributed by atoms with E-state index >= 15 is 0 Å². The van der Waals surface area contributed by atoms with Crippen molar-refractivity contribution >= 4 is 0 Å². The number of rotatable bonds is 2. The fraction of sp³-hybridized carbons (Fsp3) is 1.00. The Labute approximate surface area is 56.3 Å². The molecule has 3 nitrogen and oxygen atoms in total. The lowest BCUT2D eigenvalue weighted by Gasteiger charge is -1.99. The zero-order chi connectivity index (χ0) is 7.70. The Morgan fingerprint density at radius 1 is 1.44 bits per heavy atom. The highest BCUT2D eigenvalue weighted by Gasteiger charge is 1.85. The molecule has 1 unspecified atom stereocenters. The van der Waals surface area contributed by atoms with Crippen LogP contribution in [-0.2, 0) is 4.74 Å². The second-order valence-electron chi connectivity index (χ2n) is 1.37. The van der Waals surface area contributed by atoms with Crippen molar-refractivity contribution in [2.45, 2.75) is 27.1 Å². The van der Waals surface area contributed by atoms with E-state index in [1.54, 1.807) is 13.8 Å². The second-order valence-corrected chi connectivity index (χ2v) is 1.37.